The van der Waals surface area contributed by atoms with Crippen LogP contribution in [0.1, 0.15) is 20.3 Å². The summed E-state index contributed by atoms with van der Waals surface area (Å²) < 4.78 is 24.5. The number of nitrogens with zero attached hydrogens (tertiary/aromatic N) is 1. The van der Waals surface area contributed by atoms with Crippen molar-refractivity contribution in [2.75, 3.05) is 11.5 Å². The molecule has 0 saturated carbocycles. The van der Waals surface area contributed by atoms with Gasteiger partial charge in [-0.15, -0.1) is 0 Å². The molecule has 0 unspecified atom stereocenters. The van der Waals surface area contributed by atoms with Gasteiger partial charge in [-0.3, -0.25) is 0 Å². The molecule has 17 heavy (non-hydrogen) atoms. The summed E-state index contributed by atoms with van der Waals surface area (Å²) in [6.45, 7) is 3.12. The van der Waals surface area contributed by atoms with Gasteiger partial charge in [0.2, 0.25) is 0 Å². The van der Waals surface area contributed by atoms with Crippen molar-refractivity contribution >= 4 is 31.6 Å². The van der Waals surface area contributed by atoms with E-state index in [9.17, 15) is 13.5 Å². The van der Waals surface area contributed by atoms with Crippen LogP contribution < -0.4 is 5.73 Å². The molecule has 1 heterocycles. The van der Waals surface area contributed by atoms with Crippen molar-refractivity contribution in [2.45, 2.75) is 30.8 Å². The predicted molar refractivity (Wildman–Crippen MR) is 69.3 cm³/mol. The van der Waals surface area contributed by atoms with E-state index >= 15 is 0 Å². The predicted octanol–water partition coefficient (Wildman–Crippen LogP) is 1.36. The van der Waals surface area contributed by atoms with Gasteiger partial charge in [-0.05, 0) is 42.3 Å². The smallest absolute Gasteiger partial charge is 0.182 e. The van der Waals surface area contributed by atoms with Crippen LogP contribution in [0.5, 0.6) is 0 Å². The second-order valence-corrected chi connectivity index (χ2v) is 7.41. The Hall–Kier alpha value is -0.660. The van der Waals surface area contributed by atoms with E-state index in [-0.39, 0.29) is 22.9 Å². The van der Waals surface area contributed by atoms with Gasteiger partial charge in [0.05, 0.1) is 11.4 Å². The number of anilines is 1. The average Bonchev–Trinajstić information content (AvgIpc) is 2.18. The number of nitrogen functional groups attached to an aromatic ring is 1. The van der Waals surface area contributed by atoms with Crippen LogP contribution in [0.2, 0.25) is 0 Å². The molecule has 0 spiro atoms. The topological polar surface area (TPSA) is 93.3 Å². The van der Waals surface area contributed by atoms with Crippen LogP contribution in [0.15, 0.2) is 21.6 Å². The molecule has 1 aromatic heterocycles. The normalized spacial score (nSPS) is 12.7. The summed E-state index contributed by atoms with van der Waals surface area (Å²) in [5.41, 5.74) is 4.51. The molecule has 7 heteroatoms. The van der Waals surface area contributed by atoms with E-state index in [0.29, 0.717) is 4.47 Å². The zero-order valence-electron chi connectivity index (χ0n) is 9.64. The summed E-state index contributed by atoms with van der Waals surface area (Å²) in [6, 6.07) is 1.42. The highest BCUT2D eigenvalue weighted by Gasteiger charge is 2.23. The molecular formula is C10H15BrN2O3S. The molecule has 0 aliphatic carbocycles. The third kappa shape index (κ3) is 4.25. The number of halogens is 1. The van der Waals surface area contributed by atoms with Gasteiger partial charge < -0.3 is 10.8 Å². The maximum atomic E-state index is 12.0. The number of nitrogens with two attached hydrogens (primary N) is 1. The number of pyridine rings is 1. The first kappa shape index (κ1) is 14.4. The number of hydrogen-bond acceptors (Lipinski definition) is 5. The Morgan fingerprint density at radius 1 is 1.53 bits per heavy atom. The lowest BCUT2D eigenvalue weighted by atomic mass is 10.1. The molecule has 96 valence electrons. The van der Waals surface area contributed by atoms with Gasteiger partial charge in [-0.2, -0.15) is 0 Å². The van der Waals surface area contributed by atoms with Crippen LogP contribution in [0.25, 0.3) is 0 Å². The summed E-state index contributed by atoms with van der Waals surface area (Å²) in [5.74, 6) is -0.192. The van der Waals surface area contributed by atoms with Crippen LogP contribution in [-0.4, -0.2) is 29.9 Å². The summed E-state index contributed by atoms with van der Waals surface area (Å²) in [7, 11) is -3.52. The van der Waals surface area contributed by atoms with Gasteiger partial charge in [0.25, 0.3) is 0 Å². The Labute approximate surface area is 109 Å². The Kier molecular flexibility index (Phi) is 4.16. The van der Waals surface area contributed by atoms with E-state index in [4.69, 9.17) is 5.73 Å². The van der Waals surface area contributed by atoms with Gasteiger partial charge in [-0.25, -0.2) is 13.4 Å². The van der Waals surface area contributed by atoms with E-state index < -0.39 is 15.4 Å². The summed E-state index contributed by atoms with van der Waals surface area (Å²) in [5, 5.41) is 9.53. The van der Waals surface area contributed by atoms with Gasteiger partial charge in [-0.1, -0.05) is 0 Å². The Morgan fingerprint density at radius 2 is 2.12 bits per heavy atom. The summed E-state index contributed by atoms with van der Waals surface area (Å²) in [6.07, 6.45) is 1.58. The molecule has 0 saturated heterocycles. The standard InChI is InChI=1S/C10H15BrN2O3S/c1-10(2,14)3-4-17(15,16)8-5-7(11)6-13-9(8)12/h5-6,14H,3-4H2,1-2H3,(H2,12,13). The Balaban J connectivity index is 3.02. The fourth-order valence-electron chi connectivity index (χ4n) is 1.17. The highest BCUT2D eigenvalue weighted by molar-refractivity contribution is 9.10. The molecule has 5 nitrogen and oxygen atoms in total. The lowest BCUT2D eigenvalue weighted by Crippen LogP contribution is -2.23. The Morgan fingerprint density at radius 3 is 2.65 bits per heavy atom. The number of aromatic nitrogens is 1. The van der Waals surface area contributed by atoms with E-state index in [1.54, 1.807) is 13.8 Å². The third-order valence-electron chi connectivity index (χ3n) is 2.17. The minimum atomic E-state index is -3.52. The van der Waals surface area contributed by atoms with Crippen LogP contribution >= 0.6 is 15.9 Å². The van der Waals surface area contributed by atoms with Crippen molar-refractivity contribution in [3.63, 3.8) is 0 Å². The molecule has 0 fully saturated rings. The number of sulfone groups is 1. The highest BCUT2D eigenvalue weighted by atomic mass is 79.9. The first-order valence-corrected chi connectivity index (χ1v) is 7.42. The first-order chi connectivity index (χ1) is 7.62. The zero-order chi connectivity index (χ0) is 13.3. The van der Waals surface area contributed by atoms with E-state index in [2.05, 4.69) is 20.9 Å². The quantitative estimate of drug-likeness (QED) is 0.873. The first-order valence-electron chi connectivity index (χ1n) is 4.98. The van der Waals surface area contributed by atoms with Gasteiger partial charge in [0.15, 0.2) is 9.84 Å². The molecule has 3 N–H and O–H groups in total. The average molecular weight is 323 g/mol. The minimum Gasteiger partial charge on any atom is -0.390 e. The molecule has 0 aliphatic rings. The van der Waals surface area contributed by atoms with Gasteiger partial charge in [0.1, 0.15) is 10.7 Å². The maximum absolute atomic E-state index is 12.0. The van der Waals surface area contributed by atoms with Crippen LogP contribution in [-0.2, 0) is 9.84 Å². The molecular weight excluding hydrogens is 308 g/mol. The molecule has 0 bridgehead atoms. The van der Waals surface area contributed by atoms with Crippen molar-refractivity contribution in [1.82, 2.24) is 4.98 Å². The molecule has 0 amide bonds. The van der Waals surface area contributed by atoms with Gasteiger partial charge in [0, 0.05) is 10.7 Å². The molecule has 0 aliphatic heterocycles. The lowest BCUT2D eigenvalue weighted by molar-refractivity contribution is 0.0772. The van der Waals surface area contributed by atoms with Crippen LogP contribution in [0, 0.1) is 0 Å². The van der Waals surface area contributed by atoms with Crippen molar-refractivity contribution in [3.05, 3.63) is 16.7 Å². The molecule has 1 rings (SSSR count). The Bertz CT molecular complexity index is 509. The van der Waals surface area contributed by atoms with E-state index in [0.717, 1.165) is 0 Å². The summed E-state index contributed by atoms with van der Waals surface area (Å²) in [4.78, 5) is 3.78. The van der Waals surface area contributed by atoms with E-state index in [1.165, 1.54) is 12.3 Å². The summed E-state index contributed by atoms with van der Waals surface area (Å²) >= 11 is 3.15. The van der Waals surface area contributed by atoms with Crippen molar-refractivity contribution in [1.29, 1.82) is 0 Å². The third-order valence-corrected chi connectivity index (χ3v) is 4.34. The van der Waals surface area contributed by atoms with Crippen LogP contribution in [0.3, 0.4) is 0 Å². The fourth-order valence-corrected chi connectivity index (χ4v) is 3.32. The van der Waals surface area contributed by atoms with Gasteiger partial charge >= 0.3 is 0 Å². The van der Waals surface area contributed by atoms with Crippen molar-refractivity contribution in [3.8, 4) is 0 Å². The van der Waals surface area contributed by atoms with Crippen molar-refractivity contribution < 1.29 is 13.5 Å². The SMILES string of the molecule is CC(C)(O)CCS(=O)(=O)c1cc(Br)cnc1N. The molecule has 1 aromatic rings. The minimum absolute atomic E-state index is 0.00359. The number of rotatable bonds is 4. The highest BCUT2D eigenvalue weighted by Crippen LogP contribution is 2.23. The largest absolute Gasteiger partial charge is 0.390 e. The van der Waals surface area contributed by atoms with E-state index in [1.807, 2.05) is 0 Å². The lowest BCUT2D eigenvalue weighted by Gasteiger charge is -2.16. The fraction of sp³-hybridized carbons (Fsp3) is 0.500. The van der Waals surface area contributed by atoms with Crippen molar-refractivity contribution in [2.24, 2.45) is 0 Å². The second-order valence-electron chi connectivity index (χ2n) is 4.42. The number of hydrogen-bond donors (Lipinski definition) is 2. The van der Waals surface area contributed by atoms with Crippen LogP contribution in [0.4, 0.5) is 5.82 Å². The molecule has 0 aromatic carbocycles. The zero-order valence-corrected chi connectivity index (χ0v) is 12.0. The maximum Gasteiger partial charge on any atom is 0.182 e. The monoisotopic (exact) mass is 322 g/mol. The number of aliphatic hydroxyl groups is 1. The molecule has 0 atom stereocenters. The second kappa shape index (κ2) is 4.91. The molecule has 0 radical (unpaired) electrons.